The van der Waals surface area contributed by atoms with E-state index in [-0.39, 0.29) is 12.0 Å². The van der Waals surface area contributed by atoms with Crippen LogP contribution < -0.4 is 15.0 Å². The summed E-state index contributed by atoms with van der Waals surface area (Å²) in [4.78, 5) is 22.8. The lowest BCUT2D eigenvalue weighted by molar-refractivity contribution is -0.116. The summed E-state index contributed by atoms with van der Waals surface area (Å²) in [5.41, 5.74) is 4.13. The van der Waals surface area contributed by atoms with E-state index in [0.29, 0.717) is 12.8 Å². The van der Waals surface area contributed by atoms with Crippen molar-refractivity contribution in [1.82, 2.24) is 9.88 Å². The Morgan fingerprint density at radius 1 is 1.03 bits per heavy atom. The van der Waals surface area contributed by atoms with E-state index in [9.17, 15) is 4.79 Å². The Kier molecular flexibility index (Phi) is 7.94. The number of fused-ring (bicyclic) bond motifs is 1. The fourth-order valence-corrected chi connectivity index (χ4v) is 5.67. The average molecular weight is 501 g/mol. The molecule has 1 aromatic heterocycles. The number of aromatic nitrogens is 1. The zero-order valence-electron chi connectivity index (χ0n) is 22.5. The Morgan fingerprint density at radius 3 is 2.46 bits per heavy atom. The van der Waals surface area contributed by atoms with Crippen molar-refractivity contribution in [2.24, 2.45) is 0 Å². The number of amides is 1. The number of likely N-dealkylation sites (tertiary alicyclic amines) is 1. The predicted octanol–water partition coefficient (Wildman–Crippen LogP) is 5.97. The van der Waals surface area contributed by atoms with E-state index in [1.807, 2.05) is 50.2 Å². The number of hydrogen-bond acceptors (Lipinski definition) is 5. The molecule has 0 radical (unpaired) electrons. The highest BCUT2D eigenvalue weighted by molar-refractivity contribution is 5.94. The van der Waals surface area contributed by atoms with Crippen LogP contribution in [0, 0.1) is 6.92 Å². The van der Waals surface area contributed by atoms with E-state index in [1.54, 1.807) is 0 Å². The van der Waals surface area contributed by atoms with Gasteiger partial charge in [-0.1, -0.05) is 12.1 Å². The molecule has 0 saturated carbocycles. The number of pyridine rings is 1. The molecule has 37 heavy (non-hydrogen) atoms. The van der Waals surface area contributed by atoms with Gasteiger partial charge >= 0.3 is 0 Å². The SMILES string of the molecule is Cc1cc(N2CCC(N3CCCC3)CC2)nc2ccc(NC(=O)CCc3ccc(OC(C)C)cc3)cc12. The number of rotatable bonds is 8. The third-order valence-electron chi connectivity index (χ3n) is 7.67. The van der Waals surface area contributed by atoms with E-state index in [1.165, 1.54) is 44.3 Å². The number of ether oxygens (including phenoxy) is 1. The van der Waals surface area contributed by atoms with E-state index in [4.69, 9.17) is 9.72 Å². The van der Waals surface area contributed by atoms with E-state index in [2.05, 4.69) is 34.2 Å². The second-order valence-electron chi connectivity index (χ2n) is 10.8. The molecule has 6 heteroatoms. The van der Waals surface area contributed by atoms with Gasteiger partial charge in [-0.05, 0) is 113 Å². The topological polar surface area (TPSA) is 57.7 Å². The van der Waals surface area contributed by atoms with Crippen LogP contribution in [0.25, 0.3) is 10.9 Å². The van der Waals surface area contributed by atoms with Crippen LogP contribution in [0.4, 0.5) is 11.5 Å². The minimum atomic E-state index is 0.0185. The molecule has 0 spiro atoms. The number of aryl methyl sites for hydroxylation is 2. The van der Waals surface area contributed by atoms with Gasteiger partial charge in [-0.25, -0.2) is 4.98 Å². The second-order valence-corrected chi connectivity index (χ2v) is 10.8. The quantitative estimate of drug-likeness (QED) is 0.413. The Bertz CT molecular complexity index is 1210. The molecule has 0 atom stereocenters. The highest BCUT2D eigenvalue weighted by atomic mass is 16.5. The molecular weight excluding hydrogens is 460 g/mol. The predicted molar refractivity (Wildman–Crippen MR) is 152 cm³/mol. The molecule has 0 bridgehead atoms. The van der Waals surface area contributed by atoms with Crippen molar-refractivity contribution < 1.29 is 9.53 Å². The molecule has 0 unspecified atom stereocenters. The summed E-state index contributed by atoms with van der Waals surface area (Å²) in [6, 6.07) is 17.0. The monoisotopic (exact) mass is 500 g/mol. The lowest BCUT2D eigenvalue weighted by atomic mass is 10.0. The molecule has 5 rings (SSSR count). The molecule has 2 saturated heterocycles. The van der Waals surface area contributed by atoms with Crippen molar-refractivity contribution in [3.05, 3.63) is 59.7 Å². The first-order chi connectivity index (χ1) is 17.9. The Morgan fingerprint density at radius 2 is 1.76 bits per heavy atom. The van der Waals surface area contributed by atoms with Gasteiger partial charge in [0.05, 0.1) is 11.6 Å². The van der Waals surface area contributed by atoms with Gasteiger partial charge < -0.3 is 19.9 Å². The highest BCUT2D eigenvalue weighted by Crippen LogP contribution is 2.29. The molecule has 2 aromatic carbocycles. The molecule has 6 nitrogen and oxygen atoms in total. The Labute approximate surface area is 221 Å². The van der Waals surface area contributed by atoms with Gasteiger partial charge in [0.15, 0.2) is 0 Å². The lowest BCUT2D eigenvalue weighted by Gasteiger charge is -2.37. The smallest absolute Gasteiger partial charge is 0.224 e. The number of piperidine rings is 1. The van der Waals surface area contributed by atoms with Crippen LogP contribution in [-0.2, 0) is 11.2 Å². The Hall–Kier alpha value is -3.12. The molecule has 2 fully saturated rings. The van der Waals surface area contributed by atoms with Gasteiger partial charge in [-0.2, -0.15) is 0 Å². The van der Waals surface area contributed by atoms with Crippen LogP contribution in [0.2, 0.25) is 0 Å². The molecule has 1 amide bonds. The number of carbonyl (C=O) groups is 1. The summed E-state index contributed by atoms with van der Waals surface area (Å²) in [5.74, 6) is 1.95. The van der Waals surface area contributed by atoms with Crippen LogP contribution in [-0.4, -0.2) is 54.1 Å². The molecule has 3 heterocycles. The van der Waals surface area contributed by atoms with Crippen LogP contribution >= 0.6 is 0 Å². The average Bonchev–Trinajstić information content (AvgIpc) is 3.43. The first-order valence-corrected chi connectivity index (χ1v) is 13.9. The number of benzene rings is 2. The summed E-state index contributed by atoms with van der Waals surface area (Å²) >= 11 is 0. The fourth-order valence-electron chi connectivity index (χ4n) is 5.67. The molecule has 1 N–H and O–H groups in total. The maximum absolute atomic E-state index is 12.6. The molecular formula is C31H40N4O2. The summed E-state index contributed by atoms with van der Waals surface area (Å²) in [6.45, 7) is 10.9. The third-order valence-corrected chi connectivity index (χ3v) is 7.67. The van der Waals surface area contributed by atoms with E-state index < -0.39 is 0 Å². The second kappa shape index (κ2) is 11.5. The van der Waals surface area contributed by atoms with Crippen molar-refractivity contribution in [1.29, 1.82) is 0 Å². The van der Waals surface area contributed by atoms with Crippen LogP contribution in [0.3, 0.4) is 0 Å². The van der Waals surface area contributed by atoms with Gasteiger partial charge in [-0.15, -0.1) is 0 Å². The zero-order chi connectivity index (χ0) is 25.8. The number of nitrogens with zero attached hydrogens (tertiary/aromatic N) is 3. The maximum atomic E-state index is 12.6. The normalized spacial score (nSPS) is 17.0. The van der Waals surface area contributed by atoms with Gasteiger partial charge in [0.2, 0.25) is 5.91 Å². The van der Waals surface area contributed by atoms with Crippen molar-refractivity contribution in [2.45, 2.75) is 71.4 Å². The molecule has 2 aliphatic rings. The van der Waals surface area contributed by atoms with Crippen molar-refractivity contribution in [2.75, 3.05) is 36.4 Å². The van der Waals surface area contributed by atoms with E-state index in [0.717, 1.165) is 52.9 Å². The Balaban J connectivity index is 1.17. The minimum absolute atomic E-state index is 0.0185. The summed E-state index contributed by atoms with van der Waals surface area (Å²) < 4.78 is 5.69. The highest BCUT2D eigenvalue weighted by Gasteiger charge is 2.27. The first-order valence-electron chi connectivity index (χ1n) is 13.9. The minimum Gasteiger partial charge on any atom is -0.491 e. The number of nitrogens with one attached hydrogen (secondary N) is 1. The maximum Gasteiger partial charge on any atom is 0.224 e. The summed E-state index contributed by atoms with van der Waals surface area (Å²) in [6.07, 6.45) is 6.44. The van der Waals surface area contributed by atoms with Crippen LogP contribution in [0.1, 0.15) is 57.1 Å². The first kappa shape index (κ1) is 25.5. The zero-order valence-corrected chi connectivity index (χ0v) is 22.5. The lowest BCUT2D eigenvalue weighted by Crippen LogP contribution is -2.44. The fraction of sp³-hybridized carbons (Fsp3) is 0.484. The molecule has 196 valence electrons. The summed E-state index contributed by atoms with van der Waals surface area (Å²) in [5, 5.41) is 4.16. The van der Waals surface area contributed by atoms with Gasteiger partial charge in [-0.3, -0.25) is 4.79 Å². The summed E-state index contributed by atoms with van der Waals surface area (Å²) in [7, 11) is 0. The van der Waals surface area contributed by atoms with Gasteiger partial charge in [0.25, 0.3) is 0 Å². The number of hydrogen-bond donors (Lipinski definition) is 1. The number of carbonyl (C=O) groups excluding carboxylic acids is 1. The molecule has 2 aliphatic heterocycles. The van der Waals surface area contributed by atoms with Crippen molar-refractivity contribution in [3.63, 3.8) is 0 Å². The largest absolute Gasteiger partial charge is 0.491 e. The van der Waals surface area contributed by atoms with Gasteiger partial charge in [0, 0.05) is 36.6 Å². The van der Waals surface area contributed by atoms with Crippen LogP contribution in [0.15, 0.2) is 48.5 Å². The van der Waals surface area contributed by atoms with Crippen LogP contribution in [0.5, 0.6) is 5.75 Å². The van der Waals surface area contributed by atoms with E-state index >= 15 is 0 Å². The third kappa shape index (κ3) is 6.42. The number of anilines is 2. The van der Waals surface area contributed by atoms with Gasteiger partial charge in [0.1, 0.15) is 11.6 Å². The van der Waals surface area contributed by atoms with Crippen molar-refractivity contribution >= 4 is 28.3 Å². The molecule has 0 aliphatic carbocycles. The standard InChI is InChI=1S/C31H40N4O2/c1-22(2)37-27-10-6-24(7-11-27)8-13-31(36)32-25-9-12-29-28(21-25)23(3)20-30(33-29)35-18-14-26(15-19-35)34-16-4-5-17-34/h6-7,9-12,20-22,26H,4-5,8,13-19H2,1-3H3,(H,32,36). The van der Waals surface area contributed by atoms with Crippen molar-refractivity contribution in [3.8, 4) is 5.75 Å². The molecule has 3 aromatic rings.